The van der Waals surface area contributed by atoms with E-state index in [1.807, 2.05) is 13.8 Å². The van der Waals surface area contributed by atoms with Crippen LogP contribution in [-0.4, -0.2) is 56.7 Å². The van der Waals surface area contributed by atoms with E-state index in [9.17, 15) is 19.2 Å². The molecule has 1 atom stereocenters. The number of ether oxygens (including phenoxy) is 3. The minimum Gasteiger partial charge on any atom is -0.482 e. The summed E-state index contributed by atoms with van der Waals surface area (Å²) in [5.41, 5.74) is 0.587. The predicted molar refractivity (Wildman–Crippen MR) is 103 cm³/mol. The van der Waals surface area contributed by atoms with Crippen LogP contribution < -0.4 is 15.0 Å². The maximum Gasteiger partial charge on any atom is 0.328 e. The van der Waals surface area contributed by atoms with Gasteiger partial charge in [-0.25, -0.2) is 4.79 Å². The first kappa shape index (κ1) is 22.2. The summed E-state index contributed by atoms with van der Waals surface area (Å²) in [4.78, 5) is 49.3. The molecule has 1 aliphatic rings. The summed E-state index contributed by atoms with van der Waals surface area (Å²) in [6, 6.07) is 6.24. The fourth-order valence-corrected chi connectivity index (χ4v) is 2.88. The summed E-state index contributed by atoms with van der Waals surface area (Å²) < 4.78 is 15.0. The van der Waals surface area contributed by atoms with Crippen molar-refractivity contribution in [1.82, 2.24) is 5.32 Å². The molecule has 0 saturated heterocycles. The van der Waals surface area contributed by atoms with Gasteiger partial charge in [-0.15, -0.1) is 0 Å². The smallest absolute Gasteiger partial charge is 0.328 e. The van der Waals surface area contributed by atoms with Crippen molar-refractivity contribution >= 4 is 29.4 Å². The summed E-state index contributed by atoms with van der Waals surface area (Å²) >= 11 is 0. The summed E-state index contributed by atoms with van der Waals surface area (Å²) in [6.07, 6.45) is 0.324. The largest absolute Gasteiger partial charge is 0.482 e. The van der Waals surface area contributed by atoms with Crippen molar-refractivity contribution in [3.05, 3.63) is 24.3 Å². The van der Waals surface area contributed by atoms with Gasteiger partial charge in [-0.2, -0.15) is 0 Å². The van der Waals surface area contributed by atoms with E-state index in [0.717, 1.165) is 0 Å². The van der Waals surface area contributed by atoms with Gasteiger partial charge in [0, 0.05) is 6.54 Å². The van der Waals surface area contributed by atoms with Crippen LogP contribution in [0.4, 0.5) is 5.69 Å². The molecule has 0 bridgehead atoms. The molecule has 2 rings (SSSR count). The first-order valence-electron chi connectivity index (χ1n) is 9.36. The van der Waals surface area contributed by atoms with Gasteiger partial charge in [0.05, 0.1) is 19.2 Å². The van der Waals surface area contributed by atoms with Crippen molar-refractivity contribution in [1.29, 1.82) is 0 Å². The zero-order valence-corrected chi connectivity index (χ0v) is 16.8. The second-order valence-corrected chi connectivity index (χ2v) is 6.99. The van der Waals surface area contributed by atoms with Crippen molar-refractivity contribution in [2.75, 3.05) is 31.8 Å². The fraction of sp³-hybridized carbons (Fsp3) is 0.500. The highest BCUT2D eigenvalue weighted by Crippen LogP contribution is 2.31. The molecule has 0 aliphatic carbocycles. The second kappa shape index (κ2) is 10.4. The molecule has 0 spiro atoms. The van der Waals surface area contributed by atoms with Gasteiger partial charge in [0.25, 0.3) is 11.8 Å². The maximum absolute atomic E-state index is 12.1. The number of para-hydroxylation sites is 2. The van der Waals surface area contributed by atoms with Crippen LogP contribution in [0, 0.1) is 5.92 Å². The number of carbonyl (C=O) groups excluding carboxylic acids is 4. The SMILES string of the molecule is COC(=O)C(CC(C)C)NC(=O)COC(=O)CCN1C(=O)COc2ccccc21. The Bertz CT molecular complexity index is 763. The van der Waals surface area contributed by atoms with Crippen LogP contribution >= 0.6 is 0 Å². The molecule has 29 heavy (non-hydrogen) atoms. The topological polar surface area (TPSA) is 111 Å². The molecule has 1 aromatic rings. The Kier molecular flexibility index (Phi) is 7.99. The van der Waals surface area contributed by atoms with Crippen molar-refractivity contribution in [3.63, 3.8) is 0 Å². The van der Waals surface area contributed by atoms with Crippen molar-refractivity contribution in [3.8, 4) is 5.75 Å². The fourth-order valence-electron chi connectivity index (χ4n) is 2.88. The molecule has 1 aliphatic heterocycles. The number of hydrogen-bond acceptors (Lipinski definition) is 7. The van der Waals surface area contributed by atoms with Crippen LogP contribution in [0.15, 0.2) is 24.3 Å². The second-order valence-electron chi connectivity index (χ2n) is 6.99. The maximum atomic E-state index is 12.1. The van der Waals surface area contributed by atoms with Gasteiger partial charge in [-0.3, -0.25) is 14.4 Å². The van der Waals surface area contributed by atoms with E-state index in [0.29, 0.717) is 17.9 Å². The Morgan fingerprint density at radius 2 is 1.97 bits per heavy atom. The summed E-state index contributed by atoms with van der Waals surface area (Å²) in [5, 5.41) is 2.51. The van der Waals surface area contributed by atoms with Gasteiger partial charge >= 0.3 is 11.9 Å². The van der Waals surface area contributed by atoms with Crippen molar-refractivity contribution < 1.29 is 33.4 Å². The summed E-state index contributed by atoms with van der Waals surface area (Å²) in [6.45, 7) is 3.31. The van der Waals surface area contributed by atoms with Gasteiger partial charge < -0.3 is 24.4 Å². The van der Waals surface area contributed by atoms with Crippen LogP contribution in [0.2, 0.25) is 0 Å². The number of carbonyl (C=O) groups is 4. The Labute approximate surface area is 169 Å². The molecule has 1 N–H and O–H groups in total. The van der Waals surface area contributed by atoms with E-state index in [1.165, 1.54) is 12.0 Å². The lowest BCUT2D eigenvalue weighted by molar-refractivity contribution is -0.150. The van der Waals surface area contributed by atoms with Crippen LogP contribution in [0.25, 0.3) is 0 Å². The Morgan fingerprint density at radius 1 is 1.24 bits per heavy atom. The molecule has 0 fully saturated rings. The molecule has 9 nitrogen and oxygen atoms in total. The Morgan fingerprint density at radius 3 is 2.66 bits per heavy atom. The van der Waals surface area contributed by atoms with E-state index in [1.54, 1.807) is 24.3 Å². The van der Waals surface area contributed by atoms with E-state index >= 15 is 0 Å². The van der Waals surface area contributed by atoms with Crippen molar-refractivity contribution in [2.45, 2.75) is 32.7 Å². The van der Waals surface area contributed by atoms with Crippen LogP contribution in [-0.2, 0) is 28.7 Å². The zero-order chi connectivity index (χ0) is 21.4. The molecule has 1 heterocycles. The summed E-state index contributed by atoms with van der Waals surface area (Å²) in [5.74, 6) is -1.31. The minimum atomic E-state index is -0.798. The average Bonchev–Trinajstić information content (AvgIpc) is 2.70. The molecular formula is C20H26N2O7. The standard InChI is InChI=1S/C20H26N2O7/c1-13(2)10-14(20(26)27-3)21-17(23)11-29-19(25)8-9-22-15-6-4-5-7-16(15)28-12-18(22)24/h4-7,13-14H,8-12H2,1-3H3,(H,21,23). The lowest BCUT2D eigenvalue weighted by Gasteiger charge is -2.28. The zero-order valence-electron chi connectivity index (χ0n) is 16.8. The third-order valence-corrected chi connectivity index (χ3v) is 4.24. The quantitative estimate of drug-likeness (QED) is 0.610. The highest BCUT2D eigenvalue weighted by molar-refractivity contribution is 5.98. The number of benzene rings is 1. The third-order valence-electron chi connectivity index (χ3n) is 4.24. The molecule has 1 aromatic carbocycles. The Hall–Kier alpha value is -3.10. The molecule has 9 heteroatoms. The molecule has 0 radical (unpaired) electrons. The lowest BCUT2D eigenvalue weighted by atomic mass is 10.0. The van der Waals surface area contributed by atoms with E-state index in [2.05, 4.69) is 10.1 Å². The van der Waals surface area contributed by atoms with Gasteiger partial charge in [-0.05, 0) is 24.5 Å². The normalized spacial score (nSPS) is 13.9. The number of rotatable bonds is 9. The molecular weight excluding hydrogens is 380 g/mol. The van der Waals surface area contributed by atoms with E-state index in [4.69, 9.17) is 9.47 Å². The first-order chi connectivity index (χ1) is 13.8. The monoisotopic (exact) mass is 406 g/mol. The Balaban J connectivity index is 1.81. The lowest BCUT2D eigenvalue weighted by Crippen LogP contribution is -2.44. The predicted octanol–water partition coefficient (Wildman–Crippen LogP) is 1.05. The van der Waals surface area contributed by atoms with E-state index < -0.39 is 30.5 Å². The number of anilines is 1. The number of hydrogen-bond donors (Lipinski definition) is 1. The van der Waals surface area contributed by atoms with Crippen molar-refractivity contribution in [2.24, 2.45) is 5.92 Å². The molecule has 2 amide bonds. The highest BCUT2D eigenvalue weighted by Gasteiger charge is 2.26. The number of esters is 2. The number of methoxy groups -OCH3 is 1. The third kappa shape index (κ3) is 6.48. The average molecular weight is 406 g/mol. The van der Waals surface area contributed by atoms with Crippen LogP contribution in [0.3, 0.4) is 0 Å². The van der Waals surface area contributed by atoms with Gasteiger partial charge in [0.1, 0.15) is 11.8 Å². The van der Waals surface area contributed by atoms with E-state index in [-0.39, 0.29) is 31.4 Å². The minimum absolute atomic E-state index is 0.0836. The summed E-state index contributed by atoms with van der Waals surface area (Å²) in [7, 11) is 1.24. The van der Waals surface area contributed by atoms with Crippen LogP contribution in [0.5, 0.6) is 5.75 Å². The molecule has 158 valence electrons. The van der Waals surface area contributed by atoms with Gasteiger partial charge in [0.2, 0.25) is 0 Å². The number of amides is 2. The number of nitrogens with zero attached hydrogens (tertiary/aromatic N) is 1. The van der Waals surface area contributed by atoms with Gasteiger partial charge in [-0.1, -0.05) is 26.0 Å². The van der Waals surface area contributed by atoms with Gasteiger partial charge in [0.15, 0.2) is 13.2 Å². The molecule has 0 saturated carbocycles. The van der Waals surface area contributed by atoms with Crippen LogP contribution in [0.1, 0.15) is 26.7 Å². The number of nitrogens with one attached hydrogen (secondary N) is 1. The number of fused-ring (bicyclic) bond motifs is 1. The molecule has 1 unspecified atom stereocenters. The molecule has 0 aromatic heterocycles. The highest BCUT2D eigenvalue weighted by atomic mass is 16.5. The first-order valence-corrected chi connectivity index (χ1v) is 9.36.